The van der Waals surface area contributed by atoms with Gasteiger partial charge in [0.1, 0.15) is 36.5 Å². The Labute approximate surface area is 205 Å². The largest absolute Gasteiger partial charge is 0.491 e. The number of nitrogens with zero attached hydrogens (tertiary/aromatic N) is 2. The molecule has 186 valence electrons. The molecule has 6 nitrogen and oxygen atoms in total. The van der Waals surface area contributed by atoms with Crippen molar-refractivity contribution in [2.24, 2.45) is 29.1 Å². The third-order valence-corrected chi connectivity index (χ3v) is 10.1. The van der Waals surface area contributed by atoms with Gasteiger partial charge in [0.25, 0.3) is 0 Å². The minimum absolute atomic E-state index is 0.355. The predicted molar refractivity (Wildman–Crippen MR) is 124 cm³/mol. The summed E-state index contributed by atoms with van der Waals surface area (Å²) >= 11 is 0. The van der Waals surface area contributed by atoms with Gasteiger partial charge in [0.05, 0.1) is 11.5 Å². The first-order valence-electron chi connectivity index (χ1n) is 13.5. The first kappa shape index (κ1) is 22.1. The van der Waals surface area contributed by atoms with E-state index in [0.717, 1.165) is 62.3 Å². The van der Waals surface area contributed by atoms with E-state index in [1.54, 1.807) is 0 Å². The normalized spacial score (nSPS) is 41.7. The number of halogens is 1. The third-order valence-electron chi connectivity index (χ3n) is 10.1. The van der Waals surface area contributed by atoms with E-state index in [2.05, 4.69) is 6.07 Å². The standard InChI is InChI=1S/C28H33FN2O4/c29-22-12-24(34-14-28(13-30)18-7-15-6-16(9-18)10-19(28)8-15)20(17-3-4-17)11-21(22)25-26(35-25)31-5-1-2-23(31)27(32)33/h11-12,15-19,23,25-26H,1-10,14H2,(H,32,33)/t15?,16?,18?,19?,23-,25?,26?,28?/m0/s1. The van der Waals surface area contributed by atoms with E-state index in [4.69, 9.17) is 9.47 Å². The Morgan fingerprint density at radius 2 is 1.86 bits per heavy atom. The van der Waals surface area contributed by atoms with Crippen molar-refractivity contribution in [3.8, 4) is 11.8 Å². The van der Waals surface area contributed by atoms with Gasteiger partial charge in [-0.05, 0) is 99.0 Å². The minimum Gasteiger partial charge on any atom is -0.491 e. The SMILES string of the molecule is N#CC1(COc2cc(F)c(C3OC3N3CCC[C@H]3C(=O)O)cc2C2CC2)C2CC3CC(C2)CC1C3. The fourth-order valence-corrected chi connectivity index (χ4v) is 8.26. The van der Waals surface area contributed by atoms with Crippen molar-refractivity contribution in [1.29, 1.82) is 5.26 Å². The molecule has 0 amide bonds. The zero-order valence-corrected chi connectivity index (χ0v) is 20.0. The summed E-state index contributed by atoms with van der Waals surface area (Å²) in [5.74, 6) is 2.10. The Morgan fingerprint density at radius 3 is 2.49 bits per heavy atom. The van der Waals surface area contributed by atoms with Gasteiger partial charge in [-0.25, -0.2) is 4.39 Å². The highest BCUT2D eigenvalue weighted by Crippen LogP contribution is 2.62. The molecule has 0 spiro atoms. The number of carbonyl (C=O) groups is 1. The molecule has 4 bridgehead atoms. The predicted octanol–water partition coefficient (Wildman–Crippen LogP) is 4.99. The average molecular weight is 481 g/mol. The van der Waals surface area contributed by atoms with Crippen molar-refractivity contribution in [3.05, 3.63) is 29.1 Å². The van der Waals surface area contributed by atoms with Crippen LogP contribution in [-0.2, 0) is 9.53 Å². The molecular weight excluding hydrogens is 447 g/mol. The molecule has 2 aliphatic heterocycles. The van der Waals surface area contributed by atoms with E-state index >= 15 is 4.39 Å². The number of nitriles is 1. The number of hydrogen-bond donors (Lipinski definition) is 1. The van der Waals surface area contributed by atoms with Crippen LogP contribution in [0.5, 0.6) is 5.75 Å². The van der Waals surface area contributed by atoms with E-state index in [0.29, 0.717) is 48.6 Å². The zero-order valence-electron chi connectivity index (χ0n) is 20.0. The number of hydrogen-bond acceptors (Lipinski definition) is 5. The Hall–Kier alpha value is -2.17. The number of likely N-dealkylation sites (tertiary alicyclic amines) is 1. The maximum atomic E-state index is 15.4. The van der Waals surface area contributed by atoms with Gasteiger partial charge in [0.2, 0.25) is 0 Å². The first-order chi connectivity index (χ1) is 17.0. The van der Waals surface area contributed by atoms with E-state index in [-0.39, 0.29) is 12.0 Å². The number of epoxide rings is 1. The summed E-state index contributed by atoms with van der Waals surface area (Å²) in [5, 5.41) is 19.8. The van der Waals surface area contributed by atoms with Gasteiger partial charge in [-0.1, -0.05) is 0 Å². The van der Waals surface area contributed by atoms with Crippen molar-refractivity contribution in [2.45, 2.75) is 82.1 Å². The van der Waals surface area contributed by atoms with Crippen LogP contribution < -0.4 is 4.74 Å². The number of carboxylic acid groups (broad SMARTS) is 1. The molecule has 1 aromatic rings. The quantitative estimate of drug-likeness (QED) is 0.553. The van der Waals surface area contributed by atoms with Crippen LogP contribution in [-0.4, -0.2) is 41.4 Å². The lowest BCUT2D eigenvalue weighted by Gasteiger charge is -2.58. The second kappa shape index (κ2) is 7.91. The Bertz CT molecular complexity index is 1070. The van der Waals surface area contributed by atoms with Crippen molar-refractivity contribution < 1.29 is 23.8 Å². The summed E-state index contributed by atoms with van der Waals surface area (Å²) in [5.41, 5.74) is 1.07. The lowest BCUT2D eigenvalue weighted by Crippen LogP contribution is -2.54. The van der Waals surface area contributed by atoms with E-state index in [1.807, 2.05) is 11.0 Å². The Kier molecular flexibility index (Phi) is 4.99. The molecule has 0 aromatic heterocycles. The summed E-state index contributed by atoms with van der Waals surface area (Å²) in [7, 11) is 0. The van der Waals surface area contributed by atoms with Crippen LogP contribution in [0.3, 0.4) is 0 Å². The van der Waals surface area contributed by atoms with Crippen LogP contribution in [0.1, 0.15) is 80.9 Å². The molecule has 2 saturated heterocycles. The van der Waals surface area contributed by atoms with Crippen molar-refractivity contribution in [3.63, 3.8) is 0 Å². The number of aliphatic carboxylic acids is 1. The fraction of sp³-hybridized carbons (Fsp3) is 0.714. The van der Waals surface area contributed by atoms with Gasteiger partial charge in [0.15, 0.2) is 0 Å². The van der Waals surface area contributed by atoms with Gasteiger partial charge in [-0.15, -0.1) is 0 Å². The van der Waals surface area contributed by atoms with Crippen LogP contribution in [0.15, 0.2) is 12.1 Å². The summed E-state index contributed by atoms with van der Waals surface area (Å²) in [6, 6.07) is 5.55. The van der Waals surface area contributed by atoms with Crippen molar-refractivity contribution in [1.82, 2.24) is 4.90 Å². The monoisotopic (exact) mass is 480 g/mol. The van der Waals surface area contributed by atoms with Gasteiger partial charge in [-0.2, -0.15) is 5.26 Å². The van der Waals surface area contributed by atoms with Gasteiger partial charge in [0, 0.05) is 18.2 Å². The van der Waals surface area contributed by atoms with Gasteiger partial charge >= 0.3 is 5.97 Å². The van der Waals surface area contributed by atoms with Gasteiger partial charge < -0.3 is 14.6 Å². The topological polar surface area (TPSA) is 86.1 Å². The summed E-state index contributed by atoms with van der Waals surface area (Å²) in [6.07, 6.45) is 8.62. The number of carboxylic acids is 1. The van der Waals surface area contributed by atoms with E-state index < -0.39 is 23.5 Å². The van der Waals surface area contributed by atoms with Crippen LogP contribution in [0.25, 0.3) is 0 Å². The maximum absolute atomic E-state index is 15.4. The van der Waals surface area contributed by atoms with Crippen molar-refractivity contribution in [2.75, 3.05) is 13.2 Å². The van der Waals surface area contributed by atoms with Crippen LogP contribution >= 0.6 is 0 Å². The molecule has 1 N–H and O–H groups in total. The molecule has 2 unspecified atom stereocenters. The lowest BCUT2D eigenvalue weighted by atomic mass is 9.46. The summed E-state index contributed by atoms with van der Waals surface area (Å²) < 4.78 is 27.6. The average Bonchev–Trinajstić information content (AvgIpc) is 3.77. The highest BCUT2D eigenvalue weighted by atomic mass is 19.1. The molecule has 35 heavy (non-hydrogen) atoms. The molecule has 7 aliphatic rings. The number of rotatable bonds is 7. The number of benzene rings is 1. The highest BCUT2D eigenvalue weighted by molar-refractivity contribution is 5.74. The van der Waals surface area contributed by atoms with Crippen LogP contribution in [0.4, 0.5) is 4.39 Å². The van der Waals surface area contributed by atoms with Crippen LogP contribution in [0.2, 0.25) is 0 Å². The van der Waals surface area contributed by atoms with Gasteiger partial charge in [-0.3, -0.25) is 9.69 Å². The summed E-state index contributed by atoms with van der Waals surface area (Å²) in [6.45, 7) is 1.02. The molecule has 7 fully saturated rings. The molecule has 7 heteroatoms. The molecule has 1 aromatic carbocycles. The Balaban J connectivity index is 1.12. The second-order valence-corrected chi connectivity index (χ2v) is 12.1. The Morgan fingerprint density at radius 1 is 1.14 bits per heavy atom. The molecular formula is C28H33FN2O4. The molecule has 5 aliphatic carbocycles. The third kappa shape index (κ3) is 3.51. The molecule has 5 saturated carbocycles. The molecule has 3 atom stereocenters. The lowest BCUT2D eigenvalue weighted by molar-refractivity contribution is -0.142. The molecule has 8 rings (SSSR count). The van der Waals surface area contributed by atoms with E-state index in [9.17, 15) is 15.2 Å². The fourth-order valence-electron chi connectivity index (χ4n) is 8.26. The summed E-state index contributed by atoms with van der Waals surface area (Å²) in [4.78, 5) is 13.4. The highest BCUT2D eigenvalue weighted by Gasteiger charge is 2.58. The molecule has 0 radical (unpaired) electrons. The van der Waals surface area contributed by atoms with E-state index in [1.165, 1.54) is 12.5 Å². The second-order valence-electron chi connectivity index (χ2n) is 12.1. The minimum atomic E-state index is -0.837. The molecule has 2 heterocycles. The first-order valence-corrected chi connectivity index (χ1v) is 13.5. The van der Waals surface area contributed by atoms with Crippen molar-refractivity contribution >= 4 is 5.97 Å². The smallest absolute Gasteiger partial charge is 0.320 e. The zero-order chi connectivity index (χ0) is 23.9. The number of ether oxygens (including phenoxy) is 2. The van der Waals surface area contributed by atoms with Crippen LogP contribution in [0, 0.1) is 46.2 Å². The maximum Gasteiger partial charge on any atom is 0.320 e.